The molecule has 3 aromatic rings. The maximum atomic E-state index is 12.3. The average Bonchev–Trinajstić information content (AvgIpc) is 3.06. The van der Waals surface area contributed by atoms with Crippen molar-refractivity contribution in [3.63, 3.8) is 0 Å². The molecule has 0 aliphatic heterocycles. The molecule has 29 heavy (non-hydrogen) atoms. The standard InChI is InChI=1S/C22H22ClNO4S/c1-29(26)13-14-6-8-18(23)19(10-14)24-22(25)12-27-15-7-9-21-17(11-15)16-4-2-3-5-20(16)28-21/h6-11H,2-5,12-13H2,1H3,(H,24,25). The van der Waals surface area contributed by atoms with Crippen LogP contribution in [0.1, 0.15) is 29.7 Å². The molecule has 1 aliphatic carbocycles. The number of fused-ring (bicyclic) bond motifs is 3. The minimum Gasteiger partial charge on any atom is -0.484 e. The van der Waals surface area contributed by atoms with Crippen molar-refractivity contribution in [3.8, 4) is 5.75 Å². The third kappa shape index (κ3) is 4.65. The van der Waals surface area contributed by atoms with Crippen molar-refractivity contribution in [2.24, 2.45) is 0 Å². The summed E-state index contributed by atoms with van der Waals surface area (Å²) in [6, 6.07) is 10.9. The smallest absolute Gasteiger partial charge is 0.262 e. The van der Waals surface area contributed by atoms with Crippen LogP contribution in [0.25, 0.3) is 11.0 Å². The molecule has 1 atom stereocenters. The number of carbonyl (C=O) groups excluding carboxylic acids is 1. The van der Waals surface area contributed by atoms with Gasteiger partial charge in [0.15, 0.2) is 6.61 Å². The van der Waals surface area contributed by atoms with Crippen molar-refractivity contribution < 1.29 is 18.2 Å². The topological polar surface area (TPSA) is 68.5 Å². The summed E-state index contributed by atoms with van der Waals surface area (Å²) in [5.74, 6) is 1.80. The molecular formula is C22H22ClNO4S. The summed E-state index contributed by atoms with van der Waals surface area (Å²) < 4.78 is 23.0. The van der Waals surface area contributed by atoms with Gasteiger partial charge in [-0.3, -0.25) is 9.00 Å². The fourth-order valence-electron chi connectivity index (χ4n) is 3.66. The number of anilines is 1. The molecule has 0 bridgehead atoms. The van der Waals surface area contributed by atoms with Crippen molar-refractivity contribution in [2.75, 3.05) is 18.2 Å². The number of amides is 1. The van der Waals surface area contributed by atoms with Crippen molar-refractivity contribution in [1.82, 2.24) is 0 Å². The van der Waals surface area contributed by atoms with Gasteiger partial charge in [0.2, 0.25) is 0 Å². The van der Waals surface area contributed by atoms with Crippen molar-refractivity contribution in [2.45, 2.75) is 31.4 Å². The molecule has 0 saturated carbocycles. The Morgan fingerprint density at radius 1 is 1.21 bits per heavy atom. The fraction of sp³-hybridized carbons (Fsp3) is 0.318. The second-order valence-electron chi connectivity index (χ2n) is 7.24. The summed E-state index contributed by atoms with van der Waals surface area (Å²) in [5, 5.41) is 4.26. The average molecular weight is 432 g/mol. The Labute approximate surface area is 176 Å². The molecule has 1 N–H and O–H groups in total. The number of furan rings is 1. The van der Waals surface area contributed by atoms with Gasteiger partial charge in [0.25, 0.3) is 5.91 Å². The van der Waals surface area contributed by atoms with Gasteiger partial charge in [0.1, 0.15) is 17.1 Å². The molecule has 0 radical (unpaired) electrons. The van der Waals surface area contributed by atoms with Crippen LogP contribution in [0, 0.1) is 0 Å². The minimum absolute atomic E-state index is 0.133. The summed E-state index contributed by atoms with van der Waals surface area (Å²) in [7, 11) is -0.970. The van der Waals surface area contributed by atoms with Crippen LogP contribution < -0.4 is 10.1 Å². The number of halogens is 1. The van der Waals surface area contributed by atoms with Crippen LogP contribution in [-0.4, -0.2) is 23.0 Å². The fourth-order valence-corrected chi connectivity index (χ4v) is 4.47. The zero-order valence-corrected chi connectivity index (χ0v) is 17.7. The minimum atomic E-state index is -0.970. The number of aryl methyl sites for hydroxylation is 2. The Balaban J connectivity index is 1.43. The lowest BCUT2D eigenvalue weighted by molar-refractivity contribution is -0.118. The van der Waals surface area contributed by atoms with Crippen LogP contribution in [0.2, 0.25) is 5.02 Å². The van der Waals surface area contributed by atoms with Gasteiger partial charge in [0, 0.05) is 40.2 Å². The van der Waals surface area contributed by atoms with Crippen LogP contribution in [0.3, 0.4) is 0 Å². The molecule has 1 aliphatic rings. The van der Waals surface area contributed by atoms with E-state index in [1.165, 1.54) is 12.0 Å². The lowest BCUT2D eigenvalue weighted by atomic mass is 9.96. The maximum absolute atomic E-state index is 12.3. The van der Waals surface area contributed by atoms with E-state index in [2.05, 4.69) is 5.32 Å². The van der Waals surface area contributed by atoms with Crippen LogP contribution in [0.15, 0.2) is 40.8 Å². The van der Waals surface area contributed by atoms with Crippen LogP contribution >= 0.6 is 11.6 Å². The summed E-state index contributed by atoms with van der Waals surface area (Å²) in [4.78, 5) is 12.3. The van der Waals surface area contributed by atoms with E-state index in [0.29, 0.717) is 22.2 Å². The van der Waals surface area contributed by atoms with Crippen LogP contribution in [0.4, 0.5) is 5.69 Å². The second-order valence-corrected chi connectivity index (χ2v) is 9.08. The quantitative estimate of drug-likeness (QED) is 0.605. The largest absolute Gasteiger partial charge is 0.484 e. The molecule has 1 unspecified atom stereocenters. The highest BCUT2D eigenvalue weighted by Crippen LogP contribution is 2.34. The van der Waals surface area contributed by atoms with Crippen molar-refractivity contribution in [3.05, 3.63) is 58.3 Å². The van der Waals surface area contributed by atoms with Crippen molar-refractivity contribution >= 4 is 45.0 Å². The summed E-state index contributed by atoms with van der Waals surface area (Å²) in [6.45, 7) is -0.133. The molecule has 7 heteroatoms. The summed E-state index contributed by atoms with van der Waals surface area (Å²) >= 11 is 6.17. The zero-order valence-electron chi connectivity index (χ0n) is 16.1. The van der Waals surface area contributed by atoms with Gasteiger partial charge in [0.05, 0.1) is 10.7 Å². The van der Waals surface area contributed by atoms with E-state index in [1.54, 1.807) is 24.5 Å². The third-order valence-electron chi connectivity index (χ3n) is 4.97. The van der Waals surface area contributed by atoms with Gasteiger partial charge in [-0.1, -0.05) is 17.7 Å². The van der Waals surface area contributed by atoms with E-state index in [1.807, 2.05) is 18.2 Å². The molecule has 1 aromatic heterocycles. The molecule has 1 heterocycles. The van der Waals surface area contributed by atoms with Gasteiger partial charge >= 0.3 is 0 Å². The molecule has 0 spiro atoms. The first-order valence-corrected chi connectivity index (χ1v) is 11.7. The van der Waals surface area contributed by atoms with E-state index in [4.69, 9.17) is 20.8 Å². The molecule has 0 fully saturated rings. The maximum Gasteiger partial charge on any atom is 0.262 e. The SMILES string of the molecule is CS(=O)Cc1ccc(Cl)c(NC(=O)COc2ccc3oc4c(c3c2)CCCC4)c1. The van der Waals surface area contributed by atoms with E-state index in [9.17, 15) is 9.00 Å². The number of hydrogen-bond donors (Lipinski definition) is 1. The highest BCUT2D eigenvalue weighted by Gasteiger charge is 2.18. The van der Waals surface area contributed by atoms with E-state index < -0.39 is 10.8 Å². The lowest BCUT2D eigenvalue weighted by Gasteiger charge is -2.11. The molecule has 5 nitrogen and oxygen atoms in total. The summed E-state index contributed by atoms with van der Waals surface area (Å²) in [6.07, 6.45) is 5.96. The number of nitrogens with one attached hydrogen (secondary N) is 1. The normalized spacial score (nSPS) is 14.4. The molecule has 2 aromatic carbocycles. The van der Waals surface area contributed by atoms with Gasteiger partial charge in [-0.25, -0.2) is 0 Å². The first kappa shape index (κ1) is 20.0. The Kier molecular flexibility index (Phi) is 5.92. The van der Waals surface area contributed by atoms with Gasteiger partial charge in [-0.05, 0) is 55.2 Å². The van der Waals surface area contributed by atoms with E-state index in [-0.39, 0.29) is 12.5 Å². The Hall–Kier alpha value is -2.31. The monoisotopic (exact) mass is 431 g/mol. The zero-order chi connectivity index (χ0) is 20.4. The molecule has 0 saturated heterocycles. The van der Waals surface area contributed by atoms with Gasteiger partial charge in [-0.2, -0.15) is 0 Å². The summed E-state index contributed by atoms with van der Waals surface area (Å²) in [5.41, 5.74) is 3.47. The third-order valence-corrected chi connectivity index (χ3v) is 6.04. The lowest BCUT2D eigenvalue weighted by Crippen LogP contribution is -2.20. The number of benzene rings is 2. The number of hydrogen-bond acceptors (Lipinski definition) is 4. The Morgan fingerprint density at radius 3 is 2.86 bits per heavy atom. The van der Waals surface area contributed by atoms with Gasteiger partial charge in [-0.15, -0.1) is 0 Å². The Morgan fingerprint density at radius 2 is 2.03 bits per heavy atom. The number of rotatable bonds is 6. The number of ether oxygens (including phenoxy) is 1. The highest BCUT2D eigenvalue weighted by atomic mass is 35.5. The van der Waals surface area contributed by atoms with Crippen molar-refractivity contribution in [1.29, 1.82) is 0 Å². The first-order valence-electron chi connectivity index (χ1n) is 9.55. The molecule has 152 valence electrons. The predicted molar refractivity (Wildman–Crippen MR) is 116 cm³/mol. The molecular weight excluding hydrogens is 410 g/mol. The highest BCUT2D eigenvalue weighted by molar-refractivity contribution is 7.83. The molecule has 1 amide bonds. The number of carbonyl (C=O) groups is 1. The Bertz CT molecular complexity index is 1090. The molecule has 4 rings (SSSR count). The predicted octanol–water partition coefficient (Wildman–Crippen LogP) is 4.86. The van der Waals surface area contributed by atoms with Gasteiger partial charge < -0.3 is 14.5 Å². The van der Waals surface area contributed by atoms with Crippen LogP contribution in [0.5, 0.6) is 5.75 Å². The van der Waals surface area contributed by atoms with Crippen LogP contribution in [-0.2, 0) is 34.2 Å². The van der Waals surface area contributed by atoms with E-state index in [0.717, 1.165) is 41.6 Å². The first-order chi connectivity index (χ1) is 14.0. The second kappa shape index (κ2) is 8.59. The van der Waals surface area contributed by atoms with E-state index >= 15 is 0 Å².